The van der Waals surface area contributed by atoms with E-state index in [9.17, 15) is 18.0 Å². The maximum Gasteiger partial charge on any atom is 0.416 e. The number of aryl methyl sites for hydroxylation is 1. The topological polar surface area (TPSA) is 131 Å². The van der Waals surface area contributed by atoms with Crippen LogP contribution in [0.25, 0.3) is 22.3 Å². The Balaban J connectivity index is 1.17. The number of aromatic nitrogens is 4. The molecule has 0 atom stereocenters. The van der Waals surface area contributed by atoms with Gasteiger partial charge in [-0.2, -0.15) is 18.3 Å². The Bertz CT molecular complexity index is 1820. The Morgan fingerprint density at radius 2 is 1.84 bits per heavy atom. The van der Waals surface area contributed by atoms with E-state index in [4.69, 9.17) is 15.2 Å². The average molecular weight is 604 g/mol. The van der Waals surface area contributed by atoms with Gasteiger partial charge < -0.3 is 20.5 Å². The maximum atomic E-state index is 14.0. The highest BCUT2D eigenvalue weighted by atomic mass is 19.4. The second-order valence-electron chi connectivity index (χ2n) is 10.4. The Kier molecular flexibility index (Phi) is 7.89. The van der Waals surface area contributed by atoms with Crippen LogP contribution in [0.1, 0.15) is 27.0 Å². The van der Waals surface area contributed by atoms with Crippen LogP contribution < -0.4 is 15.8 Å². The number of nitrogens with zero attached hydrogens (tertiary/aromatic N) is 4. The lowest BCUT2D eigenvalue weighted by molar-refractivity contribution is -0.138. The molecule has 0 aliphatic carbocycles. The van der Waals surface area contributed by atoms with Crippen molar-refractivity contribution < 1.29 is 27.4 Å². The van der Waals surface area contributed by atoms with Crippen LogP contribution in [-0.4, -0.2) is 57.3 Å². The predicted molar refractivity (Wildman–Crippen MR) is 158 cm³/mol. The highest BCUT2D eigenvalue weighted by Gasteiger charge is 2.34. The summed E-state index contributed by atoms with van der Waals surface area (Å²) in [6.07, 6.45) is -3.26. The fourth-order valence-electron chi connectivity index (χ4n) is 5.02. The van der Waals surface area contributed by atoms with Crippen molar-refractivity contribution >= 4 is 28.4 Å². The van der Waals surface area contributed by atoms with Crippen LogP contribution in [0, 0.1) is 6.92 Å². The first-order valence-corrected chi connectivity index (χ1v) is 13.8. The van der Waals surface area contributed by atoms with Gasteiger partial charge in [-0.3, -0.25) is 14.8 Å². The molecule has 5 aromatic rings. The van der Waals surface area contributed by atoms with Crippen LogP contribution in [-0.2, 0) is 17.5 Å². The number of hydrogen-bond donors (Lipinski definition) is 3. The summed E-state index contributed by atoms with van der Waals surface area (Å²) in [5.41, 5.74) is 8.31. The van der Waals surface area contributed by atoms with Gasteiger partial charge in [-0.25, -0.2) is 9.97 Å². The Morgan fingerprint density at radius 3 is 2.59 bits per heavy atom. The number of alkyl halides is 3. The molecule has 226 valence electrons. The van der Waals surface area contributed by atoms with Crippen molar-refractivity contribution in [2.45, 2.75) is 19.6 Å². The van der Waals surface area contributed by atoms with Crippen molar-refractivity contribution in [3.05, 3.63) is 89.2 Å². The van der Waals surface area contributed by atoms with Crippen molar-refractivity contribution in [3.8, 4) is 22.8 Å². The number of nitrogens with two attached hydrogens (primary N) is 1. The monoisotopic (exact) mass is 603 g/mol. The minimum atomic E-state index is -4.61. The van der Waals surface area contributed by atoms with E-state index in [-0.39, 0.29) is 17.7 Å². The first-order chi connectivity index (χ1) is 21.2. The molecule has 3 aromatic carbocycles. The Hall–Kier alpha value is -5.01. The third kappa shape index (κ3) is 6.19. The van der Waals surface area contributed by atoms with Crippen molar-refractivity contribution in [2.24, 2.45) is 0 Å². The molecule has 0 unspecified atom stereocenters. The van der Waals surface area contributed by atoms with Crippen LogP contribution in [0.15, 0.2) is 67.0 Å². The number of amides is 1. The number of hydrogen-bond acceptors (Lipinski definition) is 8. The van der Waals surface area contributed by atoms with Crippen LogP contribution in [0.3, 0.4) is 0 Å². The normalized spacial score (nSPS) is 14.1. The van der Waals surface area contributed by atoms with Gasteiger partial charge in [0.15, 0.2) is 5.65 Å². The SMILES string of the molecule is Cc1ccc(NC(=O)c2ccc(CN3CCOCC3)c(C(F)(F)F)c2)cc1Oc1ccc(-c2[nH]nc3ncnc(N)c23)cc1. The number of anilines is 2. The van der Waals surface area contributed by atoms with Gasteiger partial charge in [0.1, 0.15) is 23.6 Å². The molecule has 4 N–H and O–H groups in total. The highest BCUT2D eigenvalue weighted by molar-refractivity contribution is 6.04. The van der Waals surface area contributed by atoms with Crippen LogP contribution in [0.5, 0.6) is 11.5 Å². The molecule has 6 rings (SSSR count). The number of benzene rings is 3. The second-order valence-corrected chi connectivity index (χ2v) is 10.4. The zero-order chi connectivity index (χ0) is 30.8. The van der Waals surface area contributed by atoms with Crippen LogP contribution >= 0.6 is 0 Å². The molecule has 3 heterocycles. The largest absolute Gasteiger partial charge is 0.457 e. The fourth-order valence-corrected chi connectivity index (χ4v) is 5.02. The predicted octanol–water partition coefficient (Wildman–Crippen LogP) is 5.81. The number of H-pyrrole nitrogens is 1. The van der Waals surface area contributed by atoms with Crippen LogP contribution in [0.4, 0.5) is 24.7 Å². The standard InChI is InChI=1S/C31H28F3N7O3/c1-18-2-7-22(38-30(42)20-3-4-21(24(14-20)31(32,33)34)16-41-10-12-43-13-11-41)15-25(18)44-23-8-5-19(6-9-23)27-26-28(35)36-17-37-29(26)40-39-27/h2-9,14-15,17H,10-13,16H2,1H3,(H,38,42)(H3,35,36,37,39,40). The molecule has 0 spiro atoms. The van der Waals surface area contributed by atoms with Gasteiger partial charge in [-0.1, -0.05) is 12.1 Å². The summed E-state index contributed by atoms with van der Waals surface area (Å²) in [4.78, 5) is 23.1. The lowest BCUT2D eigenvalue weighted by Crippen LogP contribution is -2.36. The summed E-state index contributed by atoms with van der Waals surface area (Å²) < 4.78 is 53.3. The van der Waals surface area contributed by atoms with E-state index in [0.717, 1.165) is 17.2 Å². The van der Waals surface area contributed by atoms with E-state index in [1.807, 2.05) is 24.0 Å². The molecular weight excluding hydrogens is 575 g/mol. The second kappa shape index (κ2) is 11.9. The zero-order valence-corrected chi connectivity index (χ0v) is 23.6. The minimum absolute atomic E-state index is 0.0981. The molecule has 2 aromatic heterocycles. The van der Waals surface area contributed by atoms with Gasteiger partial charge in [0.2, 0.25) is 0 Å². The zero-order valence-electron chi connectivity index (χ0n) is 23.6. The number of nitrogens with one attached hydrogen (secondary N) is 2. The van der Waals surface area contributed by atoms with E-state index in [0.29, 0.717) is 66.0 Å². The molecule has 1 fully saturated rings. The number of morpholine rings is 1. The van der Waals surface area contributed by atoms with Crippen LogP contribution in [0.2, 0.25) is 0 Å². The maximum absolute atomic E-state index is 14.0. The van der Waals surface area contributed by atoms with Gasteiger partial charge in [-0.15, -0.1) is 0 Å². The summed E-state index contributed by atoms with van der Waals surface area (Å²) >= 11 is 0. The molecule has 0 radical (unpaired) electrons. The number of rotatable bonds is 7. The summed E-state index contributed by atoms with van der Waals surface area (Å²) in [6, 6.07) is 15.9. The number of ether oxygens (including phenoxy) is 2. The van der Waals surface area contributed by atoms with Gasteiger partial charge in [0.25, 0.3) is 5.91 Å². The minimum Gasteiger partial charge on any atom is -0.457 e. The molecular formula is C31H28F3N7O3. The lowest BCUT2D eigenvalue weighted by atomic mass is 10.0. The van der Waals surface area contributed by atoms with Gasteiger partial charge in [0, 0.05) is 42.5 Å². The molecule has 44 heavy (non-hydrogen) atoms. The van der Waals surface area contributed by atoms with Gasteiger partial charge >= 0.3 is 6.18 Å². The first-order valence-electron chi connectivity index (χ1n) is 13.8. The molecule has 1 aliphatic heterocycles. The third-order valence-electron chi connectivity index (χ3n) is 7.37. The fraction of sp³-hybridized carbons (Fsp3) is 0.226. The molecule has 0 saturated carbocycles. The number of carbonyl (C=O) groups is 1. The molecule has 1 saturated heterocycles. The number of carbonyl (C=O) groups excluding carboxylic acids is 1. The first kappa shape index (κ1) is 29.1. The summed E-state index contributed by atoms with van der Waals surface area (Å²) in [5.74, 6) is 0.644. The average Bonchev–Trinajstić information content (AvgIpc) is 3.45. The number of fused-ring (bicyclic) bond motifs is 1. The molecule has 0 bridgehead atoms. The molecule has 13 heteroatoms. The lowest BCUT2D eigenvalue weighted by Gasteiger charge is -2.27. The smallest absolute Gasteiger partial charge is 0.416 e. The number of halogens is 3. The van der Waals surface area contributed by atoms with Crippen molar-refractivity contribution in [1.29, 1.82) is 0 Å². The quantitative estimate of drug-likeness (QED) is 0.213. The summed E-state index contributed by atoms with van der Waals surface area (Å²) in [7, 11) is 0. The Morgan fingerprint density at radius 1 is 1.07 bits per heavy atom. The van der Waals surface area contributed by atoms with E-state index in [1.54, 1.807) is 30.3 Å². The molecule has 10 nitrogen and oxygen atoms in total. The molecule has 1 aliphatic rings. The summed E-state index contributed by atoms with van der Waals surface area (Å²) in [5, 5.41) is 10.4. The number of aromatic amines is 1. The van der Waals surface area contributed by atoms with Crippen molar-refractivity contribution in [1.82, 2.24) is 25.1 Å². The number of nitrogen functional groups attached to an aromatic ring is 1. The highest BCUT2D eigenvalue weighted by Crippen LogP contribution is 2.35. The Labute approximate surface area is 250 Å². The summed E-state index contributed by atoms with van der Waals surface area (Å²) in [6.45, 7) is 4.02. The van der Waals surface area contributed by atoms with E-state index < -0.39 is 17.6 Å². The third-order valence-corrected chi connectivity index (χ3v) is 7.37. The van der Waals surface area contributed by atoms with Crippen molar-refractivity contribution in [2.75, 3.05) is 37.4 Å². The van der Waals surface area contributed by atoms with Gasteiger partial charge in [-0.05, 0) is 60.5 Å². The van der Waals surface area contributed by atoms with Crippen molar-refractivity contribution in [3.63, 3.8) is 0 Å². The van der Waals surface area contributed by atoms with E-state index in [2.05, 4.69) is 25.5 Å². The van der Waals surface area contributed by atoms with Gasteiger partial charge in [0.05, 0.1) is 29.9 Å². The van der Waals surface area contributed by atoms with E-state index in [1.165, 1.54) is 18.5 Å². The molecule has 1 amide bonds. The van der Waals surface area contributed by atoms with E-state index >= 15 is 0 Å².